The average molecular weight is 351 g/mol. The zero-order chi connectivity index (χ0) is 17.3. The first kappa shape index (κ1) is 16.3. The summed E-state index contributed by atoms with van der Waals surface area (Å²) in [5.74, 6) is -0.0837. The van der Waals surface area contributed by atoms with Crippen LogP contribution in [0.1, 0.15) is 29.0 Å². The number of nitrogens with two attached hydrogens (primary N) is 1. The molecule has 1 aliphatic heterocycles. The molecule has 4 N–H and O–H groups in total. The number of aromatic amines is 1. The summed E-state index contributed by atoms with van der Waals surface area (Å²) < 4.78 is 34.2. The molecule has 1 aromatic heterocycles. The molecule has 1 atom stereocenters. The number of primary sulfonamides is 1. The highest BCUT2D eigenvalue weighted by Gasteiger charge is 2.26. The quantitative estimate of drug-likeness (QED) is 0.756. The molecule has 8 nitrogen and oxygen atoms in total. The second-order valence-corrected chi connectivity index (χ2v) is 6.92. The van der Waals surface area contributed by atoms with Gasteiger partial charge in [-0.05, 0) is 25.1 Å². The van der Waals surface area contributed by atoms with Crippen molar-refractivity contribution in [1.29, 1.82) is 0 Å². The Bertz CT molecular complexity index is 861. The molecular weight excluding hydrogens is 334 g/mol. The summed E-state index contributed by atoms with van der Waals surface area (Å²) >= 11 is 0. The van der Waals surface area contributed by atoms with Crippen LogP contribution in [0.3, 0.4) is 0 Å². The minimum absolute atomic E-state index is 0.0645. The lowest BCUT2D eigenvalue weighted by Gasteiger charge is -2.22. The summed E-state index contributed by atoms with van der Waals surface area (Å²) in [4.78, 5) is 15.4. The van der Waals surface area contributed by atoms with E-state index in [0.717, 1.165) is 5.69 Å². The Kier molecular flexibility index (Phi) is 4.20. The minimum atomic E-state index is -3.99. The van der Waals surface area contributed by atoms with Crippen LogP contribution in [-0.4, -0.2) is 32.5 Å². The molecule has 0 saturated carbocycles. The predicted molar refractivity (Wildman–Crippen MR) is 85.5 cm³/mol. The third-order valence-electron chi connectivity index (χ3n) is 3.62. The number of benzene rings is 1. The van der Waals surface area contributed by atoms with Gasteiger partial charge in [0.15, 0.2) is 11.5 Å². The molecule has 128 valence electrons. The number of hydrogen-bond acceptors (Lipinski definition) is 5. The SMILES string of the molecule is CC(NC(=O)c1cc(S(N)(=O)=O)cc2c1OCCO2)c1ccc[nH]1. The van der Waals surface area contributed by atoms with E-state index in [2.05, 4.69) is 10.3 Å². The Morgan fingerprint density at radius 3 is 2.75 bits per heavy atom. The number of hydrogen-bond donors (Lipinski definition) is 3. The predicted octanol–water partition coefficient (Wildman–Crippen LogP) is 0.924. The van der Waals surface area contributed by atoms with E-state index in [1.165, 1.54) is 12.1 Å². The summed E-state index contributed by atoms with van der Waals surface area (Å²) in [6.07, 6.45) is 1.75. The minimum Gasteiger partial charge on any atom is -0.486 e. The molecule has 1 amide bonds. The first-order valence-corrected chi connectivity index (χ1v) is 8.81. The van der Waals surface area contributed by atoms with Crippen LogP contribution < -0.4 is 19.9 Å². The molecule has 0 bridgehead atoms. The molecule has 9 heteroatoms. The molecule has 2 aromatic rings. The zero-order valence-electron chi connectivity index (χ0n) is 12.9. The van der Waals surface area contributed by atoms with Crippen molar-refractivity contribution in [1.82, 2.24) is 10.3 Å². The average Bonchev–Trinajstić information content (AvgIpc) is 3.07. The summed E-state index contributed by atoms with van der Waals surface area (Å²) in [5, 5.41) is 7.96. The monoisotopic (exact) mass is 351 g/mol. The highest BCUT2D eigenvalue weighted by atomic mass is 32.2. The fourth-order valence-electron chi connectivity index (χ4n) is 2.43. The molecule has 24 heavy (non-hydrogen) atoms. The summed E-state index contributed by atoms with van der Waals surface area (Å²) in [6, 6.07) is 5.80. The van der Waals surface area contributed by atoms with E-state index < -0.39 is 15.9 Å². The van der Waals surface area contributed by atoms with Gasteiger partial charge in [-0.1, -0.05) is 0 Å². The molecule has 0 saturated heterocycles. The van der Waals surface area contributed by atoms with E-state index in [9.17, 15) is 13.2 Å². The van der Waals surface area contributed by atoms with Crippen LogP contribution in [0.5, 0.6) is 11.5 Å². The molecule has 3 rings (SSSR count). The van der Waals surface area contributed by atoms with Gasteiger partial charge >= 0.3 is 0 Å². The van der Waals surface area contributed by atoms with Gasteiger partial charge in [0, 0.05) is 18.0 Å². The first-order chi connectivity index (χ1) is 11.4. The third-order valence-corrected chi connectivity index (χ3v) is 4.52. The number of carbonyl (C=O) groups is 1. The van der Waals surface area contributed by atoms with E-state index in [0.29, 0.717) is 0 Å². The molecule has 0 radical (unpaired) electrons. The van der Waals surface area contributed by atoms with Gasteiger partial charge in [-0.2, -0.15) is 0 Å². The number of carbonyl (C=O) groups excluding carboxylic acids is 1. The highest BCUT2D eigenvalue weighted by Crippen LogP contribution is 2.36. The van der Waals surface area contributed by atoms with Gasteiger partial charge in [-0.15, -0.1) is 0 Å². The van der Waals surface area contributed by atoms with Crippen molar-refractivity contribution in [3.8, 4) is 11.5 Å². The number of sulfonamides is 1. The fraction of sp³-hybridized carbons (Fsp3) is 0.267. The molecule has 1 aliphatic rings. The second-order valence-electron chi connectivity index (χ2n) is 5.36. The fourth-order valence-corrected chi connectivity index (χ4v) is 2.98. The molecule has 0 aliphatic carbocycles. The summed E-state index contributed by atoms with van der Waals surface area (Å²) in [5.41, 5.74) is 0.881. The molecule has 1 unspecified atom stereocenters. The van der Waals surface area contributed by atoms with Gasteiger partial charge in [0.2, 0.25) is 10.0 Å². The van der Waals surface area contributed by atoms with Crippen LogP contribution in [0.2, 0.25) is 0 Å². The van der Waals surface area contributed by atoms with Crippen LogP contribution in [0.25, 0.3) is 0 Å². The van der Waals surface area contributed by atoms with Gasteiger partial charge in [-0.25, -0.2) is 13.6 Å². The Labute approximate surface area is 139 Å². The van der Waals surface area contributed by atoms with E-state index in [1.807, 2.05) is 12.1 Å². The standard InChI is InChI=1S/C15H17N3O5S/c1-9(12-3-2-4-17-12)18-15(19)11-7-10(24(16,20)21)8-13-14(11)23-6-5-22-13/h2-4,7-9,17H,5-6H2,1H3,(H,18,19)(H2,16,20,21). The number of ether oxygens (including phenoxy) is 2. The maximum Gasteiger partial charge on any atom is 0.255 e. The van der Waals surface area contributed by atoms with Gasteiger partial charge in [0.25, 0.3) is 5.91 Å². The van der Waals surface area contributed by atoms with Crippen molar-refractivity contribution >= 4 is 15.9 Å². The van der Waals surface area contributed by atoms with Crippen LogP contribution in [0.15, 0.2) is 35.4 Å². The number of aromatic nitrogens is 1. The summed E-state index contributed by atoms with van der Waals surface area (Å²) in [6.45, 7) is 2.34. The largest absolute Gasteiger partial charge is 0.486 e. The maximum absolute atomic E-state index is 12.6. The van der Waals surface area contributed by atoms with Crippen LogP contribution in [0, 0.1) is 0 Å². The van der Waals surface area contributed by atoms with Crippen LogP contribution in [0.4, 0.5) is 0 Å². The highest BCUT2D eigenvalue weighted by molar-refractivity contribution is 7.89. The Hall–Kier alpha value is -2.52. The second kappa shape index (κ2) is 6.17. The van der Waals surface area contributed by atoms with Crippen molar-refractivity contribution in [2.75, 3.05) is 13.2 Å². The van der Waals surface area contributed by atoms with Crippen LogP contribution >= 0.6 is 0 Å². The number of amides is 1. The van der Waals surface area contributed by atoms with Gasteiger partial charge < -0.3 is 19.8 Å². The number of nitrogens with one attached hydrogen (secondary N) is 2. The molecule has 2 heterocycles. The van der Waals surface area contributed by atoms with E-state index in [-0.39, 0.29) is 41.2 Å². The smallest absolute Gasteiger partial charge is 0.255 e. The zero-order valence-corrected chi connectivity index (χ0v) is 13.7. The summed E-state index contributed by atoms with van der Waals surface area (Å²) in [7, 11) is -3.99. The lowest BCUT2D eigenvalue weighted by Crippen LogP contribution is -2.29. The van der Waals surface area contributed by atoms with Crippen molar-refractivity contribution in [2.24, 2.45) is 5.14 Å². The maximum atomic E-state index is 12.6. The van der Waals surface area contributed by atoms with Gasteiger partial charge in [-0.3, -0.25) is 4.79 Å². The van der Waals surface area contributed by atoms with Crippen molar-refractivity contribution in [2.45, 2.75) is 17.9 Å². The van der Waals surface area contributed by atoms with E-state index in [4.69, 9.17) is 14.6 Å². The lowest BCUT2D eigenvalue weighted by molar-refractivity contribution is 0.0927. The number of fused-ring (bicyclic) bond motifs is 1. The van der Waals surface area contributed by atoms with Crippen molar-refractivity contribution in [3.05, 3.63) is 41.7 Å². The van der Waals surface area contributed by atoms with E-state index in [1.54, 1.807) is 13.1 Å². The van der Waals surface area contributed by atoms with Crippen LogP contribution in [-0.2, 0) is 10.0 Å². The lowest BCUT2D eigenvalue weighted by atomic mass is 10.1. The van der Waals surface area contributed by atoms with Gasteiger partial charge in [0.05, 0.1) is 16.5 Å². The van der Waals surface area contributed by atoms with Crippen molar-refractivity contribution < 1.29 is 22.7 Å². The van der Waals surface area contributed by atoms with E-state index >= 15 is 0 Å². The molecule has 0 fully saturated rings. The van der Waals surface area contributed by atoms with Gasteiger partial charge in [0.1, 0.15) is 13.2 Å². The Morgan fingerprint density at radius 2 is 2.08 bits per heavy atom. The van der Waals surface area contributed by atoms with Crippen molar-refractivity contribution in [3.63, 3.8) is 0 Å². The number of rotatable bonds is 4. The molecule has 0 spiro atoms. The molecular formula is C15H17N3O5S. The topological polar surface area (TPSA) is 124 Å². The number of H-pyrrole nitrogens is 1. The third kappa shape index (κ3) is 3.22. The first-order valence-electron chi connectivity index (χ1n) is 7.27. The Morgan fingerprint density at radius 1 is 1.33 bits per heavy atom. The normalized spacial score (nSPS) is 14.9. The molecule has 1 aromatic carbocycles. The Balaban J connectivity index is 1.97.